The third kappa shape index (κ3) is 9.92. The van der Waals surface area contributed by atoms with Gasteiger partial charge in [0.15, 0.2) is 0 Å². The van der Waals surface area contributed by atoms with Gasteiger partial charge < -0.3 is 14.0 Å². The van der Waals surface area contributed by atoms with Gasteiger partial charge in [-0.2, -0.15) is 8.42 Å². The number of hydrogen-bond acceptors (Lipinski definition) is 11. The normalized spacial score (nSPS) is 13.0. The summed E-state index contributed by atoms with van der Waals surface area (Å²) in [4.78, 5) is 31.3. The van der Waals surface area contributed by atoms with Gasteiger partial charge in [-0.3, -0.25) is 14.1 Å². The Morgan fingerprint density at radius 1 is 0.868 bits per heavy atom. The number of benzene rings is 1. The summed E-state index contributed by atoms with van der Waals surface area (Å²) in [5, 5.41) is 11.2. The van der Waals surface area contributed by atoms with Gasteiger partial charge in [-0.25, -0.2) is 4.68 Å². The quantitative estimate of drug-likeness (QED) is 0.0596. The number of carbonyl (C=O) groups is 2. The topological polar surface area (TPSA) is 138 Å². The van der Waals surface area contributed by atoms with E-state index in [0.717, 1.165) is 5.56 Å². The minimum atomic E-state index is -4.01. The first-order valence-electron chi connectivity index (χ1n) is 17.6. The van der Waals surface area contributed by atoms with Crippen molar-refractivity contribution in [3.63, 3.8) is 0 Å². The van der Waals surface area contributed by atoms with Crippen LogP contribution in [0.5, 0.6) is 0 Å². The van der Waals surface area contributed by atoms with Crippen LogP contribution in [0, 0.1) is 38.5 Å². The Kier molecular flexibility index (Phi) is 12.0. The molecule has 5 aromatic rings. The second-order valence-corrected chi connectivity index (χ2v) is 21.1. The Labute approximate surface area is 324 Å². The molecule has 0 spiro atoms. The van der Waals surface area contributed by atoms with Crippen LogP contribution in [-0.4, -0.2) is 83.9 Å². The van der Waals surface area contributed by atoms with Crippen molar-refractivity contribution in [2.24, 2.45) is 10.8 Å². The standard InChI is InChI=1S/C38H50N4O7S4/c1-23-16-29-24(2)34-30(25(3)33(29)50-23)18-32(52-34)31-17-27(26(4)51-31)19-41-20-28(39-40-41)21-49-36(44)38(7,8)22-37(5,6)35(43)48-14-13-42(9,10)12-11-15-53(45,46)47/h16-18,20H,11-15,19,21-22H2,1-10H3/p+1. The summed E-state index contributed by atoms with van der Waals surface area (Å²) in [6, 6.07) is 6.88. The fraction of sp³-hybridized carbons (Fsp3) is 0.526. The number of ether oxygens (including phenoxy) is 2. The van der Waals surface area contributed by atoms with Crippen LogP contribution in [0.4, 0.5) is 0 Å². The van der Waals surface area contributed by atoms with Gasteiger partial charge in [0.1, 0.15) is 25.5 Å². The first kappa shape index (κ1) is 41.0. The van der Waals surface area contributed by atoms with Crippen molar-refractivity contribution in [2.75, 3.05) is 39.5 Å². The van der Waals surface area contributed by atoms with Crippen LogP contribution in [-0.2, 0) is 42.3 Å². The van der Waals surface area contributed by atoms with E-state index in [-0.39, 0.29) is 25.4 Å². The number of aryl methyl sites for hydroxylation is 4. The van der Waals surface area contributed by atoms with Gasteiger partial charge >= 0.3 is 11.9 Å². The van der Waals surface area contributed by atoms with E-state index in [1.165, 1.54) is 50.8 Å². The van der Waals surface area contributed by atoms with Crippen LogP contribution < -0.4 is 0 Å². The lowest BCUT2D eigenvalue weighted by atomic mass is 9.75. The number of aromatic nitrogens is 3. The molecule has 1 N–H and O–H groups in total. The molecule has 11 nitrogen and oxygen atoms in total. The van der Waals surface area contributed by atoms with Crippen molar-refractivity contribution >= 4 is 76.2 Å². The highest BCUT2D eigenvalue weighted by atomic mass is 32.2. The molecule has 0 unspecified atom stereocenters. The molecule has 0 saturated heterocycles. The minimum absolute atomic E-state index is 0.0386. The molecule has 0 atom stereocenters. The lowest BCUT2D eigenvalue weighted by Gasteiger charge is -2.33. The van der Waals surface area contributed by atoms with E-state index < -0.39 is 32.9 Å². The monoisotopic (exact) mass is 803 g/mol. The van der Waals surface area contributed by atoms with Gasteiger partial charge in [-0.1, -0.05) is 5.21 Å². The fourth-order valence-electron chi connectivity index (χ4n) is 6.79. The molecule has 4 heterocycles. The lowest BCUT2D eigenvalue weighted by molar-refractivity contribution is -0.890. The van der Waals surface area contributed by atoms with Crippen molar-refractivity contribution in [3.8, 4) is 9.75 Å². The van der Waals surface area contributed by atoms with E-state index in [9.17, 15) is 18.0 Å². The molecule has 0 bridgehead atoms. The van der Waals surface area contributed by atoms with Gasteiger partial charge in [0.05, 0.1) is 50.0 Å². The number of thiophene rings is 3. The number of esters is 2. The third-order valence-corrected chi connectivity index (χ3v) is 14.2. The SMILES string of the molecule is Cc1cc2c(C)c3sc(-c4cc(Cn5cc(COC(=O)C(C)(C)CC(C)(C)C(=O)OCC[N+](C)(C)CCCS(=O)(=O)O)nn5)c(C)s4)cc3c(C)c2s1. The van der Waals surface area contributed by atoms with E-state index in [2.05, 4.69) is 56.2 Å². The molecule has 5 rings (SSSR count). The van der Waals surface area contributed by atoms with E-state index in [4.69, 9.17) is 14.0 Å². The Morgan fingerprint density at radius 2 is 1.47 bits per heavy atom. The number of quaternary nitrogens is 1. The predicted molar refractivity (Wildman–Crippen MR) is 214 cm³/mol. The van der Waals surface area contributed by atoms with Crippen LogP contribution in [0.2, 0.25) is 0 Å². The molecule has 15 heteroatoms. The van der Waals surface area contributed by atoms with Gasteiger partial charge in [0, 0.05) is 35.3 Å². The maximum Gasteiger partial charge on any atom is 0.311 e. The molecule has 0 aliphatic heterocycles. The van der Waals surface area contributed by atoms with Crippen LogP contribution >= 0.6 is 34.0 Å². The van der Waals surface area contributed by atoms with Crippen LogP contribution in [0.15, 0.2) is 24.4 Å². The Hall–Kier alpha value is -3.21. The second-order valence-electron chi connectivity index (χ2n) is 16.0. The van der Waals surface area contributed by atoms with Crippen LogP contribution in [0.3, 0.4) is 0 Å². The largest absolute Gasteiger partial charge is 0.459 e. The molecule has 0 saturated carbocycles. The van der Waals surface area contributed by atoms with Crippen LogP contribution in [0.25, 0.3) is 29.9 Å². The van der Waals surface area contributed by atoms with E-state index in [1.54, 1.807) is 49.9 Å². The minimum Gasteiger partial charge on any atom is -0.459 e. The zero-order valence-corrected chi connectivity index (χ0v) is 35.6. The summed E-state index contributed by atoms with van der Waals surface area (Å²) in [5.74, 6) is -1.20. The van der Waals surface area contributed by atoms with Crippen molar-refractivity contribution in [1.29, 1.82) is 0 Å². The Morgan fingerprint density at radius 3 is 2.13 bits per heavy atom. The number of fused-ring (bicyclic) bond motifs is 2. The highest BCUT2D eigenvalue weighted by Crippen LogP contribution is 2.45. The molecule has 0 fully saturated rings. The maximum atomic E-state index is 13.2. The Bertz CT molecular complexity index is 2200. The molecule has 4 aromatic heterocycles. The molecule has 288 valence electrons. The number of carbonyl (C=O) groups excluding carboxylic acids is 2. The average Bonchev–Trinajstić information content (AvgIpc) is 3.84. The second kappa shape index (κ2) is 15.5. The number of likely N-dealkylation sites (N-methyl/N-ethyl adjacent to an activating group) is 1. The summed E-state index contributed by atoms with van der Waals surface area (Å²) in [6.45, 7) is 17.3. The van der Waals surface area contributed by atoms with Crippen molar-refractivity contribution < 1.29 is 36.5 Å². The average molecular weight is 804 g/mol. The molecule has 53 heavy (non-hydrogen) atoms. The summed E-state index contributed by atoms with van der Waals surface area (Å²) in [7, 11) is -0.215. The van der Waals surface area contributed by atoms with Crippen molar-refractivity contribution in [3.05, 3.63) is 56.5 Å². The van der Waals surface area contributed by atoms with Gasteiger partial charge in [0.2, 0.25) is 0 Å². The maximum absolute atomic E-state index is 13.2. The molecule has 0 radical (unpaired) electrons. The number of nitrogens with zero attached hydrogens (tertiary/aromatic N) is 4. The first-order valence-corrected chi connectivity index (χ1v) is 21.6. The smallest absolute Gasteiger partial charge is 0.311 e. The van der Waals surface area contributed by atoms with Gasteiger partial charge in [-0.15, -0.1) is 39.1 Å². The predicted octanol–water partition coefficient (Wildman–Crippen LogP) is 8.10. The molecule has 0 amide bonds. The summed E-state index contributed by atoms with van der Waals surface area (Å²) in [5.41, 5.74) is 2.45. The van der Waals surface area contributed by atoms with E-state index >= 15 is 0 Å². The lowest BCUT2D eigenvalue weighted by Crippen LogP contribution is -2.44. The van der Waals surface area contributed by atoms with Crippen molar-refractivity contribution in [1.82, 2.24) is 15.0 Å². The summed E-state index contributed by atoms with van der Waals surface area (Å²) >= 11 is 5.50. The fourth-order valence-corrected chi connectivity index (χ4v) is 10.7. The molecular formula is C38H51N4O7S4+. The zero-order chi connectivity index (χ0) is 39.1. The highest BCUT2D eigenvalue weighted by Gasteiger charge is 2.41. The van der Waals surface area contributed by atoms with Gasteiger partial charge in [0.25, 0.3) is 10.1 Å². The summed E-state index contributed by atoms with van der Waals surface area (Å²) in [6.07, 6.45) is 2.29. The Balaban J connectivity index is 1.14. The number of rotatable bonds is 16. The molecule has 0 aliphatic rings. The van der Waals surface area contributed by atoms with Crippen LogP contribution in [0.1, 0.15) is 72.7 Å². The summed E-state index contributed by atoms with van der Waals surface area (Å²) < 4.78 is 47.2. The van der Waals surface area contributed by atoms with Crippen molar-refractivity contribution in [2.45, 2.75) is 81.4 Å². The molecule has 0 aliphatic carbocycles. The highest BCUT2D eigenvalue weighted by molar-refractivity contribution is 7.85. The van der Waals surface area contributed by atoms with Gasteiger partial charge in [-0.05, 0) is 107 Å². The first-order chi connectivity index (χ1) is 24.5. The molecular weight excluding hydrogens is 753 g/mol. The molecule has 1 aromatic carbocycles. The van der Waals surface area contributed by atoms with E-state index in [1.807, 2.05) is 36.8 Å². The zero-order valence-electron chi connectivity index (χ0n) is 32.3. The third-order valence-electron chi connectivity index (χ3n) is 9.69. The number of hydrogen-bond donors (Lipinski definition) is 1. The van der Waals surface area contributed by atoms with E-state index in [0.29, 0.717) is 36.2 Å².